The molecule has 1 heterocycles. The molecule has 0 N–H and O–H groups in total. The molecule has 0 saturated carbocycles. The van der Waals surface area contributed by atoms with E-state index in [2.05, 4.69) is 4.99 Å². The van der Waals surface area contributed by atoms with Gasteiger partial charge in [-0.15, -0.1) is 0 Å². The Kier molecular flexibility index (Phi) is 2.85. The summed E-state index contributed by atoms with van der Waals surface area (Å²) in [7, 11) is 0. The highest BCUT2D eigenvalue weighted by atomic mass is 16.6. The molecule has 0 aliphatic carbocycles. The first-order valence-corrected chi connectivity index (χ1v) is 3.87. The SMILES string of the molecule is CCOC(=O)N1C=CN=C(C)C1. The molecule has 1 aliphatic rings. The topological polar surface area (TPSA) is 41.9 Å². The van der Waals surface area contributed by atoms with E-state index in [0.717, 1.165) is 5.71 Å². The summed E-state index contributed by atoms with van der Waals surface area (Å²) < 4.78 is 4.81. The quantitative estimate of drug-likeness (QED) is 0.593. The van der Waals surface area contributed by atoms with Crippen molar-refractivity contribution < 1.29 is 9.53 Å². The van der Waals surface area contributed by atoms with Crippen LogP contribution in [-0.4, -0.2) is 29.9 Å². The maximum atomic E-state index is 11.1. The lowest BCUT2D eigenvalue weighted by atomic mass is 10.3. The van der Waals surface area contributed by atoms with Gasteiger partial charge in [-0.25, -0.2) is 4.79 Å². The van der Waals surface area contributed by atoms with Crippen molar-refractivity contribution in [2.75, 3.05) is 13.2 Å². The Labute approximate surface area is 71.5 Å². The van der Waals surface area contributed by atoms with Crippen LogP contribution in [0.5, 0.6) is 0 Å². The summed E-state index contributed by atoms with van der Waals surface area (Å²) in [5.74, 6) is 0. The highest BCUT2D eigenvalue weighted by Crippen LogP contribution is 2.01. The van der Waals surface area contributed by atoms with Crippen LogP contribution in [0.15, 0.2) is 17.4 Å². The van der Waals surface area contributed by atoms with Gasteiger partial charge in [-0.3, -0.25) is 9.89 Å². The molecular formula is C8H12N2O2. The second-order valence-corrected chi connectivity index (χ2v) is 2.49. The van der Waals surface area contributed by atoms with Crippen molar-refractivity contribution in [3.63, 3.8) is 0 Å². The molecule has 0 bridgehead atoms. The van der Waals surface area contributed by atoms with Crippen molar-refractivity contribution >= 4 is 11.8 Å². The minimum absolute atomic E-state index is 0.317. The summed E-state index contributed by atoms with van der Waals surface area (Å²) >= 11 is 0. The van der Waals surface area contributed by atoms with Crippen LogP contribution in [0, 0.1) is 0 Å². The van der Waals surface area contributed by atoms with E-state index in [0.29, 0.717) is 13.2 Å². The van der Waals surface area contributed by atoms with E-state index >= 15 is 0 Å². The van der Waals surface area contributed by atoms with Gasteiger partial charge in [0.05, 0.1) is 13.2 Å². The van der Waals surface area contributed by atoms with Gasteiger partial charge in [0.2, 0.25) is 0 Å². The first-order chi connectivity index (χ1) is 5.74. The Hall–Kier alpha value is -1.32. The first-order valence-electron chi connectivity index (χ1n) is 3.87. The number of carbonyl (C=O) groups excluding carboxylic acids is 1. The Balaban J connectivity index is 2.50. The van der Waals surface area contributed by atoms with Gasteiger partial charge in [0.25, 0.3) is 0 Å². The summed E-state index contributed by atoms with van der Waals surface area (Å²) in [4.78, 5) is 16.6. The molecule has 1 rings (SSSR count). The Morgan fingerprint density at radius 3 is 3.17 bits per heavy atom. The molecule has 0 atom stereocenters. The molecule has 4 heteroatoms. The van der Waals surface area contributed by atoms with E-state index in [-0.39, 0.29) is 6.09 Å². The van der Waals surface area contributed by atoms with Crippen LogP contribution in [0.1, 0.15) is 13.8 Å². The Morgan fingerprint density at radius 1 is 1.83 bits per heavy atom. The number of nitrogens with zero attached hydrogens (tertiary/aromatic N) is 2. The third-order valence-electron chi connectivity index (χ3n) is 1.44. The second kappa shape index (κ2) is 3.90. The number of hydrogen-bond donors (Lipinski definition) is 0. The van der Waals surface area contributed by atoms with Crippen LogP contribution in [0.4, 0.5) is 4.79 Å². The minimum Gasteiger partial charge on any atom is -0.449 e. The normalized spacial score (nSPS) is 15.8. The molecule has 0 fully saturated rings. The summed E-state index contributed by atoms with van der Waals surface area (Å²) in [5, 5.41) is 0. The first kappa shape index (κ1) is 8.77. The molecule has 0 radical (unpaired) electrons. The summed E-state index contributed by atoms with van der Waals surface area (Å²) in [6.07, 6.45) is 2.89. The van der Waals surface area contributed by atoms with Gasteiger partial charge < -0.3 is 4.74 Å². The number of carbonyl (C=O) groups is 1. The number of rotatable bonds is 1. The van der Waals surface area contributed by atoms with Crippen molar-refractivity contribution in [3.05, 3.63) is 12.4 Å². The second-order valence-electron chi connectivity index (χ2n) is 2.49. The average molecular weight is 168 g/mol. The molecule has 1 amide bonds. The van der Waals surface area contributed by atoms with Gasteiger partial charge in [-0.05, 0) is 13.8 Å². The van der Waals surface area contributed by atoms with Crippen molar-refractivity contribution in [1.29, 1.82) is 0 Å². The fraction of sp³-hybridized carbons (Fsp3) is 0.500. The average Bonchev–Trinajstić information content (AvgIpc) is 2.05. The predicted molar refractivity (Wildman–Crippen MR) is 46.0 cm³/mol. The fourth-order valence-corrected chi connectivity index (χ4v) is 0.913. The van der Waals surface area contributed by atoms with Crippen molar-refractivity contribution in [3.8, 4) is 0 Å². The third-order valence-corrected chi connectivity index (χ3v) is 1.44. The van der Waals surface area contributed by atoms with Crippen LogP contribution in [0.2, 0.25) is 0 Å². The number of hydrogen-bond acceptors (Lipinski definition) is 3. The van der Waals surface area contributed by atoms with Gasteiger partial charge in [-0.1, -0.05) is 0 Å². The molecule has 4 nitrogen and oxygen atoms in total. The van der Waals surface area contributed by atoms with E-state index < -0.39 is 0 Å². The maximum Gasteiger partial charge on any atom is 0.414 e. The standard InChI is InChI=1S/C8H12N2O2/c1-3-12-8(11)10-5-4-9-7(2)6-10/h4-5H,3,6H2,1-2H3. The van der Waals surface area contributed by atoms with Crippen LogP contribution in [0.3, 0.4) is 0 Å². The van der Waals surface area contributed by atoms with Gasteiger partial charge in [0.15, 0.2) is 0 Å². The van der Waals surface area contributed by atoms with E-state index in [1.165, 1.54) is 4.90 Å². The molecule has 0 aromatic carbocycles. The van der Waals surface area contributed by atoms with Crippen LogP contribution < -0.4 is 0 Å². The Morgan fingerprint density at radius 2 is 2.58 bits per heavy atom. The molecule has 1 aliphatic heterocycles. The van der Waals surface area contributed by atoms with Gasteiger partial charge in [0, 0.05) is 18.1 Å². The summed E-state index contributed by atoms with van der Waals surface area (Å²) in [6.45, 7) is 4.58. The largest absolute Gasteiger partial charge is 0.449 e. The highest BCUT2D eigenvalue weighted by Gasteiger charge is 2.13. The monoisotopic (exact) mass is 168 g/mol. The minimum atomic E-state index is -0.317. The van der Waals surface area contributed by atoms with E-state index in [4.69, 9.17) is 4.74 Å². The Bertz CT molecular complexity index is 233. The van der Waals surface area contributed by atoms with Crippen LogP contribution in [0.25, 0.3) is 0 Å². The smallest absolute Gasteiger partial charge is 0.414 e. The maximum absolute atomic E-state index is 11.1. The molecule has 0 spiro atoms. The molecule has 0 aromatic heterocycles. The predicted octanol–water partition coefficient (Wildman–Crippen LogP) is 1.39. The van der Waals surface area contributed by atoms with Crippen molar-refractivity contribution in [2.24, 2.45) is 4.99 Å². The number of aliphatic imine (C=N–C) groups is 1. The lowest BCUT2D eigenvalue weighted by molar-refractivity contribution is 0.126. The lowest BCUT2D eigenvalue weighted by Gasteiger charge is -2.19. The highest BCUT2D eigenvalue weighted by molar-refractivity contribution is 5.88. The molecule has 0 aromatic rings. The zero-order chi connectivity index (χ0) is 8.97. The number of amides is 1. The fourth-order valence-electron chi connectivity index (χ4n) is 0.913. The third kappa shape index (κ3) is 2.08. The van der Waals surface area contributed by atoms with Crippen LogP contribution in [-0.2, 0) is 4.74 Å². The zero-order valence-electron chi connectivity index (χ0n) is 7.28. The molecular weight excluding hydrogens is 156 g/mol. The van der Waals surface area contributed by atoms with E-state index in [1.807, 2.05) is 6.92 Å². The summed E-state index contributed by atoms with van der Waals surface area (Å²) in [6, 6.07) is 0. The molecule has 12 heavy (non-hydrogen) atoms. The van der Waals surface area contributed by atoms with Gasteiger partial charge in [0.1, 0.15) is 0 Å². The van der Waals surface area contributed by atoms with E-state index in [9.17, 15) is 4.79 Å². The van der Waals surface area contributed by atoms with Crippen molar-refractivity contribution in [2.45, 2.75) is 13.8 Å². The molecule has 66 valence electrons. The van der Waals surface area contributed by atoms with Gasteiger partial charge >= 0.3 is 6.09 Å². The molecule has 0 unspecified atom stereocenters. The van der Waals surface area contributed by atoms with Crippen LogP contribution >= 0.6 is 0 Å². The lowest BCUT2D eigenvalue weighted by Crippen LogP contribution is -2.32. The zero-order valence-corrected chi connectivity index (χ0v) is 7.28. The van der Waals surface area contributed by atoms with E-state index in [1.54, 1.807) is 19.3 Å². The summed E-state index contributed by atoms with van der Waals surface area (Å²) in [5.41, 5.74) is 0.908. The van der Waals surface area contributed by atoms with Gasteiger partial charge in [-0.2, -0.15) is 0 Å². The van der Waals surface area contributed by atoms with Crippen molar-refractivity contribution in [1.82, 2.24) is 4.90 Å². The number of ether oxygens (including phenoxy) is 1. The molecule has 0 saturated heterocycles.